The number of carbonyl (C=O) groups excluding carboxylic acids is 1. The molecule has 2 aromatic heterocycles. The third-order valence-corrected chi connectivity index (χ3v) is 6.33. The lowest BCUT2D eigenvalue weighted by Gasteiger charge is -2.28. The molecule has 0 fully saturated rings. The van der Waals surface area contributed by atoms with Crippen molar-refractivity contribution >= 4 is 29.3 Å². The van der Waals surface area contributed by atoms with E-state index in [1.807, 2.05) is 25.1 Å². The number of pyridine rings is 1. The Bertz CT molecular complexity index is 1510. The number of anilines is 2. The van der Waals surface area contributed by atoms with E-state index >= 15 is 0 Å². The van der Waals surface area contributed by atoms with Crippen molar-refractivity contribution in [3.63, 3.8) is 0 Å². The molecule has 3 heterocycles. The molecule has 10 nitrogen and oxygen atoms in total. The van der Waals surface area contributed by atoms with Crippen LogP contribution in [0.15, 0.2) is 72.1 Å². The Morgan fingerprint density at radius 3 is 2.42 bits per heavy atom. The van der Waals surface area contributed by atoms with Crippen LogP contribution >= 0.6 is 11.6 Å². The van der Waals surface area contributed by atoms with Crippen LogP contribution in [0.25, 0.3) is 11.4 Å². The molecule has 0 bridgehead atoms. The number of methoxy groups -OCH3 is 3. The Labute approximate surface area is 224 Å². The highest BCUT2D eigenvalue weighted by Crippen LogP contribution is 2.42. The number of fused-ring (bicyclic) bond motifs is 1. The molecule has 1 amide bonds. The summed E-state index contributed by atoms with van der Waals surface area (Å²) >= 11 is 6.35. The molecule has 38 heavy (non-hydrogen) atoms. The third kappa shape index (κ3) is 4.61. The Morgan fingerprint density at radius 1 is 1.03 bits per heavy atom. The SMILES string of the molecule is COc1cc(-c2nc3n(n2)[C@H](c2cccc(Cl)c2)C(C(=O)Nc2ccccn2)=C(C)N3)cc(OC)c1OC. The van der Waals surface area contributed by atoms with Crippen molar-refractivity contribution in [2.45, 2.75) is 13.0 Å². The zero-order valence-electron chi connectivity index (χ0n) is 21.2. The maximum absolute atomic E-state index is 13.6. The van der Waals surface area contributed by atoms with Crippen LogP contribution in [0.3, 0.4) is 0 Å². The van der Waals surface area contributed by atoms with E-state index in [2.05, 4.69) is 15.6 Å². The van der Waals surface area contributed by atoms with E-state index in [1.54, 1.807) is 68.6 Å². The van der Waals surface area contributed by atoms with Crippen molar-refractivity contribution in [3.05, 3.63) is 82.7 Å². The highest BCUT2D eigenvalue weighted by Gasteiger charge is 2.35. The van der Waals surface area contributed by atoms with Crippen LogP contribution in [0.2, 0.25) is 5.02 Å². The van der Waals surface area contributed by atoms with Gasteiger partial charge in [-0.15, -0.1) is 5.10 Å². The molecule has 1 aliphatic heterocycles. The number of aromatic nitrogens is 4. The van der Waals surface area contributed by atoms with E-state index in [4.69, 9.17) is 35.9 Å². The van der Waals surface area contributed by atoms with Gasteiger partial charge in [0.1, 0.15) is 11.9 Å². The van der Waals surface area contributed by atoms with Gasteiger partial charge in [-0.05, 0) is 48.9 Å². The molecular weight excluding hydrogens is 508 g/mol. The van der Waals surface area contributed by atoms with Crippen LogP contribution in [0.5, 0.6) is 17.2 Å². The number of rotatable bonds is 7. The lowest BCUT2D eigenvalue weighted by Crippen LogP contribution is -2.31. The third-order valence-electron chi connectivity index (χ3n) is 6.09. The maximum Gasteiger partial charge on any atom is 0.257 e. The molecule has 0 aliphatic carbocycles. The van der Waals surface area contributed by atoms with Crippen molar-refractivity contribution < 1.29 is 19.0 Å². The van der Waals surface area contributed by atoms with Gasteiger partial charge in [-0.2, -0.15) is 4.98 Å². The van der Waals surface area contributed by atoms with Crippen LogP contribution in [0.4, 0.5) is 11.8 Å². The molecule has 1 atom stereocenters. The fraction of sp³-hybridized carbons (Fsp3) is 0.185. The first-order chi connectivity index (χ1) is 18.4. The molecule has 4 aromatic rings. The smallest absolute Gasteiger partial charge is 0.257 e. The van der Waals surface area contributed by atoms with Crippen molar-refractivity contribution in [3.8, 4) is 28.6 Å². The number of amides is 1. The number of hydrogen-bond acceptors (Lipinski definition) is 8. The second-order valence-electron chi connectivity index (χ2n) is 8.41. The molecule has 0 unspecified atom stereocenters. The molecule has 0 saturated heterocycles. The molecule has 0 radical (unpaired) electrons. The molecule has 2 N–H and O–H groups in total. The lowest BCUT2D eigenvalue weighted by molar-refractivity contribution is -0.113. The predicted molar refractivity (Wildman–Crippen MR) is 144 cm³/mol. The molecule has 1 aliphatic rings. The van der Waals surface area contributed by atoms with Crippen molar-refractivity contribution in [2.24, 2.45) is 0 Å². The number of nitrogens with one attached hydrogen (secondary N) is 2. The maximum atomic E-state index is 13.6. The summed E-state index contributed by atoms with van der Waals surface area (Å²) in [4.78, 5) is 22.5. The van der Waals surface area contributed by atoms with Gasteiger partial charge in [0.25, 0.3) is 5.91 Å². The van der Waals surface area contributed by atoms with Crippen LogP contribution in [0, 0.1) is 0 Å². The highest BCUT2D eigenvalue weighted by molar-refractivity contribution is 6.30. The molecule has 2 aromatic carbocycles. The van der Waals surface area contributed by atoms with E-state index in [1.165, 1.54) is 0 Å². The Kier molecular flexibility index (Phi) is 6.89. The predicted octanol–water partition coefficient (Wildman–Crippen LogP) is 4.95. The van der Waals surface area contributed by atoms with Crippen molar-refractivity contribution in [1.29, 1.82) is 0 Å². The minimum absolute atomic E-state index is 0.325. The Hall–Kier alpha value is -4.57. The number of benzene rings is 2. The second kappa shape index (κ2) is 10.4. The van der Waals surface area contributed by atoms with Gasteiger partial charge in [-0.3, -0.25) is 4.79 Å². The molecule has 11 heteroatoms. The van der Waals surface area contributed by atoms with Crippen LogP contribution in [-0.2, 0) is 4.79 Å². The van der Waals surface area contributed by atoms with E-state index in [0.29, 0.717) is 56.7 Å². The van der Waals surface area contributed by atoms with Gasteiger partial charge in [-0.1, -0.05) is 29.8 Å². The van der Waals surface area contributed by atoms with Gasteiger partial charge < -0.3 is 24.8 Å². The highest BCUT2D eigenvalue weighted by atomic mass is 35.5. The zero-order valence-corrected chi connectivity index (χ0v) is 21.9. The minimum atomic E-state index is -0.614. The molecule has 0 spiro atoms. The van der Waals surface area contributed by atoms with Crippen molar-refractivity contribution in [2.75, 3.05) is 32.0 Å². The number of halogens is 1. The summed E-state index contributed by atoms with van der Waals surface area (Å²) in [5.41, 5.74) is 2.49. The van der Waals surface area contributed by atoms with Crippen LogP contribution in [-0.4, -0.2) is 47.0 Å². The molecule has 194 valence electrons. The van der Waals surface area contributed by atoms with Crippen molar-refractivity contribution in [1.82, 2.24) is 19.7 Å². The number of ether oxygens (including phenoxy) is 3. The second-order valence-corrected chi connectivity index (χ2v) is 8.84. The number of carbonyl (C=O) groups is 1. The summed E-state index contributed by atoms with van der Waals surface area (Å²) in [7, 11) is 4.63. The van der Waals surface area contributed by atoms with Gasteiger partial charge in [0.05, 0.1) is 26.9 Å². The Morgan fingerprint density at radius 2 is 1.79 bits per heavy atom. The zero-order chi connectivity index (χ0) is 26.8. The van der Waals surface area contributed by atoms with Gasteiger partial charge >= 0.3 is 0 Å². The fourth-order valence-corrected chi connectivity index (χ4v) is 4.58. The summed E-state index contributed by atoms with van der Waals surface area (Å²) in [5, 5.41) is 11.5. The van der Waals surface area contributed by atoms with Gasteiger partial charge in [0.2, 0.25) is 11.7 Å². The van der Waals surface area contributed by atoms with E-state index in [9.17, 15) is 4.79 Å². The number of allylic oxidation sites excluding steroid dienone is 1. The van der Waals surface area contributed by atoms with E-state index in [0.717, 1.165) is 5.56 Å². The van der Waals surface area contributed by atoms with Gasteiger partial charge in [-0.25, -0.2) is 9.67 Å². The quantitative estimate of drug-likeness (QED) is 0.344. The summed E-state index contributed by atoms with van der Waals surface area (Å²) in [6, 6.07) is 15.6. The van der Waals surface area contributed by atoms with Crippen LogP contribution < -0.4 is 24.8 Å². The largest absolute Gasteiger partial charge is 0.493 e. The molecule has 5 rings (SSSR count). The lowest BCUT2D eigenvalue weighted by atomic mass is 9.95. The standard InChI is InChI=1S/C27H25ClN6O4/c1-15-22(26(35)31-21-10-5-6-11-29-21)23(16-8-7-9-18(28)12-16)34-27(30-15)32-25(33-34)17-13-19(36-2)24(38-4)20(14-17)37-3/h5-14,23H,1-4H3,(H,29,31,35)(H,30,32,33)/t23-/m1/s1. The first-order valence-electron chi connectivity index (χ1n) is 11.7. The average molecular weight is 533 g/mol. The van der Waals surface area contributed by atoms with E-state index in [-0.39, 0.29) is 5.91 Å². The van der Waals surface area contributed by atoms with Crippen LogP contribution in [0.1, 0.15) is 18.5 Å². The summed E-state index contributed by atoms with van der Waals surface area (Å²) < 4.78 is 18.1. The van der Waals surface area contributed by atoms with E-state index < -0.39 is 6.04 Å². The first kappa shape index (κ1) is 25.1. The normalized spacial score (nSPS) is 14.4. The molecule has 0 saturated carbocycles. The Balaban J connectivity index is 1.62. The topological polar surface area (TPSA) is 112 Å². The average Bonchev–Trinajstić information content (AvgIpc) is 3.35. The summed E-state index contributed by atoms with van der Waals surface area (Å²) in [6.45, 7) is 1.82. The molecular formula is C27H25ClN6O4. The summed E-state index contributed by atoms with van der Waals surface area (Å²) in [5.74, 6) is 2.38. The fourth-order valence-electron chi connectivity index (χ4n) is 4.38. The summed E-state index contributed by atoms with van der Waals surface area (Å²) in [6.07, 6.45) is 1.61. The first-order valence-corrected chi connectivity index (χ1v) is 12.0. The monoisotopic (exact) mass is 532 g/mol. The van der Waals surface area contributed by atoms with Gasteiger partial charge in [0.15, 0.2) is 17.3 Å². The number of hydrogen-bond donors (Lipinski definition) is 2. The number of nitrogens with zero attached hydrogens (tertiary/aromatic N) is 4. The van der Waals surface area contributed by atoms with Gasteiger partial charge in [0, 0.05) is 22.5 Å². The minimum Gasteiger partial charge on any atom is -0.493 e.